The number of esters is 1. The van der Waals surface area contributed by atoms with Gasteiger partial charge in [0, 0.05) is 106 Å². The number of unbranched alkanes of at least 4 members (excludes halogenated alkanes) is 2. The number of fused-ring (bicyclic) bond motifs is 6. The maximum atomic E-state index is 13.7. The maximum Gasteiger partial charge on any atom is 0.490 e. The molecule has 25 nitrogen and oxygen atoms in total. The zero-order valence-corrected chi connectivity index (χ0v) is 41.1. The predicted molar refractivity (Wildman–Crippen MR) is 252 cm³/mol. The summed E-state index contributed by atoms with van der Waals surface area (Å²) in [5.74, 6) is -0.171. The number of carbonyl (C=O) groups is 3. The second-order valence-corrected chi connectivity index (χ2v) is 21.3. The summed E-state index contributed by atoms with van der Waals surface area (Å²) in [7, 11) is -9.26. The van der Waals surface area contributed by atoms with Crippen LogP contribution >= 0.6 is 23.5 Å². The van der Waals surface area contributed by atoms with Crippen molar-refractivity contribution in [1.29, 1.82) is 0 Å². The molecule has 382 valence electrons. The average Bonchev–Trinajstić information content (AvgIpc) is 3.79. The third-order valence-corrected chi connectivity index (χ3v) is 15.3. The molecule has 8 N–H and O–H groups in total. The van der Waals surface area contributed by atoms with Gasteiger partial charge in [0.15, 0.2) is 5.60 Å². The van der Waals surface area contributed by atoms with E-state index in [0.717, 1.165) is 22.1 Å². The molecule has 1 saturated heterocycles. The first-order valence-electron chi connectivity index (χ1n) is 21.7. The molecule has 0 radical (unpaired) electrons. The fraction of sp³-hybridized carbons (Fsp3) is 0.372. The summed E-state index contributed by atoms with van der Waals surface area (Å²) in [5.41, 5.74) is 1.14. The summed E-state index contributed by atoms with van der Waals surface area (Å²) in [4.78, 5) is 107. The molecule has 1 fully saturated rings. The first-order chi connectivity index (χ1) is 33.4. The number of hydrogen-bond acceptors (Lipinski definition) is 17. The number of anilines is 2. The molecule has 0 saturated carbocycles. The van der Waals surface area contributed by atoms with E-state index in [0.29, 0.717) is 54.0 Å². The molecule has 1 aromatic heterocycles. The summed E-state index contributed by atoms with van der Waals surface area (Å²) in [6.07, 6.45) is 1.28. The van der Waals surface area contributed by atoms with Crippen LogP contribution in [0.3, 0.4) is 0 Å². The van der Waals surface area contributed by atoms with Crippen molar-refractivity contribution < 1.29 is 80.1 Å². The monoisotopic (exact) mass is 1050 g/mol. The molecule has 1 spiro atoms. The lowest BCUT2D eigenvalue weighted by atomic mass is 9.77. The van der Waals surface area contributed by atoms with Crippen molar-refractivity contribution in [3.63, 3.8) is 0 Å². The first kappa shape index (κ1) is 53.0. The summed E-state index contributed by atoms with van der Waals surface area (Å²) in [6, 6.07) is 16.4. The first-order valence-corrected chi connectivity index (χ1v) is 26.3. The van der Waals surface area contributed by atoms with Crippen molar-refractivity contribution in [3.05, 3.63) is 121 Å². The maximum absolute atomic E-state index is 13.7. The molecule has 7 rings (SSSR count). The van der Waals surface area contributed by atoms with Crippen molar-refractivity contribution >= 4 is 58.7 Å². The molecule has 3 aliphatic rings. The van der Waals surface area contributed by atoms with Crippen molar-refractivity contribution in [1.82, 2.24) is 20.2 Å². The third kappa shape index (κ3) is 12.3. The number of benzene rings is 3. The van der Waals surface area contributed by atoms with E-state index in [-0.39, 0.29) is 47.9 Å². The molecule has 28 heteroatoms. The van der Waals surface area contributed by atoms with Crippen LogP contribution < -0.4 is 36.4 Å². The van der Waals surface area contributed by atoms with Crippen molar-refractivity contribution in [3.8, 4) is 11.5 Å². The summed E-state index contributed by atoms with van der Waals surface area (Å²) in [6.45, 7) is -0.660. The summed E-state index contributed by atoms with van der Waals surface area (Å²) < 4.78 is 65.5. The van der Waals surface area contributed by atoms with E-state index in [4.69, 9.17) is 24.0 Å². The van der Waals surface area contributed by atoms with Gasteiger partial charge in [-0.1, -0.05) is 24.6 Å². The molecule has 5 atom stereocenters. The lowest BCUT2D eigenvalue weighted by molar-refractivity contribution is -0.121. The SMILES string of the molecule is CN(C)c1ccc2c(c1)Oc1cc(N(C)C)ccc1C21OC(=O)c2cc(C(=O)NCCCCCC(=O)NC/C=C/c3cn([C@H]4C[C@@H](O)[C@@H](COP(=O)(O)OP(=O)(O)OP(=O)(O)O)O4)c(=O)[nH]c3=O)ccc21. The molecule has 2 unspecified atom stereocenters. The smallest absolute Gasteiger partial charge is 0.456 e. The Morgan fingerprint density at radius 3 is 2.14 bits per heavy atom. The molecule has 71 heavy (non-hydrogen) atoms. The van der Waals surface area contributed by atoms with Crippen LogP contribution in [0.4, 0.5) is 11.4 Å². The molecule has 0 bridgehead atoms. The largest absolute Gasteiger partial charge is 0.490 e. The van der Waals surface area contributed by atoms with E-state index in [1.807, 2.05) is 74.4 Å². The highest BCUT2D eigenvalue weighted by atomic mass is 31.3. The van der Waals surface area contributed by atoms with Crippen LogP contribution in [0.5, 0.6) is 11.5 Å². The van der Waals surface area contributed by atoms with Gasteiger partial charge in [0.1, 0.15) is 23.8 Å². The van der Waals surface area contributed by atoms with Gasteiger partial charge in [-0.2, -0.15) is 8.62 Å². The number of hydrogen-bond donors (Lipinski definition) is 8. The zero-order chi connectivity index (χ0) is 51.6. The van der Waals surface area contributed by atoms with Gasteiger partial charge in [-0.05, 0) is 49.2 Å². The highest BCUT2D eigenvalue weighted by Crippen LogP contribution is 2.66. The molecular weight excluding hydrogens is 997 g/mol. The van der Waals surface area contributed by atoms with Gasteiger partial charge in [0.05, 0.1) is 23.8 Å². The van der Waals surface area contributed by atoms with Crippen LogP contribution in [0.15, 0.2) is 76.5 Å². The number of aliphatic hydroxyl groups is 1. The molecule has 3 aromatic carbocycles. The Labute approximate surface area is 404 Å². The molecular formula is C43H51N6O19P3. The highest BCUT2D eigenvalue weighted by molar-refractivity contribution is 7.66. The van der Waals surface area contributed by atoms with E-state index in [1.165, 1.54) is 18.2 Å². The number of H-pyrrole nitrogens is 1. The Bertz CT molecular complexity index is 2970. The molecule has 2 amide bonds. The number of phosphoric acid groups is 3. The van der Waals surface area contributed by atoms with Crippen LogP contribution in [0.25, 0.3) is 6.08 Å². The minimum atomic E-state index is -5.79. The van der Waals surface area contributed by atoms with Crippen LogP contribution in [0, 0.1) is 0 Å². The number of amides is 2. The minimum Gasteiger partial charge on any atom is -0.456 e. The van der Waals surface area contributed by atoms with Crippen LogP contribution in [0.2, 0.25) is 0 Å². The standard InChI is InChI=1S/C43H51N6O19P3/c1-47(2)27-12-15-31-34(20-27)64-35-21-28(48(3)4)13-16-32(35)43(31)30-14-11-25(19-29(30)41(54)66-43)39(52)45-17-7-5-6-10-37(51)44-18-8-9-26-23-49(42(55)46-40(26)53)38-22-33(50)36(65-38)24-63-70(59,60)68-71(61,62)67-69(56,57)58/h8-9,11-16,19-21,23,33,36,38,50H,5-7,10,17-18,22,24H2,1-4H3,(H,44,51)(H,45,52)(H,59,60)(H,61,62)(H,46,53,55)(H2,56,57,58)/b9-8+/t33-,36-,38-/m1/s1. The molecule has 4 heterocycles. The van der Waals surface area contributed by atoms with Gasteiger partial charge < -0.3 is 59.3 Å². The Morgan fingerprint density at radius 1 is 0.859 bits per heavy atom. The topological polar surface area (TPSA) is 344 Å². The van der Waals surface area contributed by atoms with E-state index in [1.54, 1.807) is 12.1 Å². The van der Waals surface area contributed by atoms with Gasteiger partial charge >= 0.3 is 35.1 Å². The third-order valence-electron chi connectivity index (χ3n) is 11.5. The Kier molecular flexibility index (Phi) is 15.8. The van der Waals surface area contributed by atoms with Crippen molar-refractivity contribution in [2.24, 2.45) is 0 Å². The van der Waals surface area contributed by atoms with Crippen LogP contribution in [-0.4, -0.2) is 112 Å². The number of aliphatic hydroxyl groups excluding tert-OH is 1. The minimum absolute atomic E-state index is 0.00574. The fourth-order valence-corrected chi connectivity index (χ4v) is 11.1. The van der Waals surface area contributed by atoms with Crippen LogP contribution in [0.1, 0.15) is 81.3 Å². The number of rotatable bonds is 20. The van der Waals surface area contributed by atoms with Crippen molar-refractivity contribution in [2.45, 2.75) is 56.1 Å². The molecule has 4 aromatic rings. The number of aromatic amines is 1. The lowest BCUT2D eigenvalue weighted by Gasteiger charge is -2.37. The second-order valence-electron chi connectivity index (χ2n) is 16.9. The Morgan fingerprint density at radius 2 is 1.51 bits per heavy atom. The predicted octanol–water partition coefficient (Wildman–Crippen LogP) is 3.35. The quantitative estimate of drug-likeness (QED) is 0.0357. The zero-order valence-electron chi connectivity index (χ0n) is 38.5. The fourth-order valence-electron chi connectivity index (χ4n) is 8.08. The number of nitrogens with one attached hydrogen (secondary N) is 3. The van der Waals surface area contributed by atoms with E-state index in [2.05, 4.69) is 28.8 Å². The highest BCUT2D eigenvalue weighted by Gasteiger charge is 2.54. The second kappa shape index (κ2) is 21.1. The van der Waals surface area contributed by atoms with E-state index < -0.39 is 71.3 Å². The molecule has 3 aliphatic heterocycles. The summed E-state index contributed by atoms with van der Waals surface area (Å²) in [5, 5.41) is 16.0. The normalized spacial score (nSPS) is 19.5. The number of aromatic nitrogens is 2. The average molecular weight is 1050 g/mol. The van der Waals surface area contributed by atoms with Gasteiger partial charge in [0.25, 0.3) is 11.5 Å². The van der Waals surface area contributed by atoms with Crippen LogP contribution in [-0.2, 0) is 46.7 Å². The van der Waals surface area contributed by atoms with E-state index in [9.17, 15) is 52.6 Å². The number of carbonyl (C=O) groups excluding carboxylic acids is 3. The van der Waals surface area contributed by atoms with Crippen molar-refractivity contribution in [2.75, 3.05) is 57.7 Å². The molecule has 0 aliphatic carbocycles. The number of nitrogens with zero attached hydrogens (tertiary/aromatic N) is 3. The van der Waals surface area contributed by atoms with E-state index >= 15 is 0 Å². The lowest BCUT2D eigenvalue weighted by Crippen LogP contribution is -2.33. The summed E-state index contributed by atoms with van der Waals surface area (Å²) >= 11 is 0. The van der Waals surface area contributed by atoms with Gasteiger partial charge in [-0.15, -0.1) is 0 Å². The van der Waals surface area contributed by atoms with Gasteiger partial charge in [0.2, 0.25) is 5.91 Å². The Hall–Kier alpha value is -5.78. The number of ether oxygens (including phenoxy) is 3. The van der Waals surface area contributed by atoms with Gasteiger partial charge in [-0.25, -0.2) is 23.3 Å². The number of phosphoric ester groups is 1. The Balaban J connectivity index is 0.867. The van der Waals surface area contributed by atoms with Gasteiger partial charge in [-0.3, -0.25) is 28.5 Å².